The first kappa shape index (κ1) is 16.4. The van der Waals surface area contributed by atoms with E-state index < -0.39 is 21.4 Å². The second kappa shape index (κ2) is 6.02. The number of sulfonamides is 1. The van der Waals surface area contributed by atoms with Gasteiger partial charge in [-0.2, -0.15) is 0 Å². The molecular weight excluding hydrogens is 291 g/mol. The minimum Gasteiger partial charge on any atom is -0.329 e. The van der Waals surface area contributed by atoms with E-state index in [-0.39, 0.29) is 17.4 Å². The molecule has 1 saturated carbocycles. The molecule has 0 aliphatic heterocycles. The van der Waals surface area contributed by atoms with Gasteiger partial charge in [-0.25, -0.2) is 17.5 Å². The Morgan fingerprint density at radius 1 is 1.38 bits per heavy atom. The summed E-state index contributed by atoms with van der Waals surface area (Å²) < 4.78 is 41.4. The summed E-state index contributed by atoms with van der Waals surface area (Å²) in [6.07, 6.45) is 3.70. The third-order valence-corrected chi connectivity index (χ3v) is 6.01. The van der Waals surface area contributed by atoms with Gasteiger partial charge in [-0.1, -0.05) is 19.8 Å². The minimum absolute atomic E-state index is 0.0365. The number of hydrogen-bond donors (Lipinski definition) is 2. The van der Waals surface area contributed by atoms with E-state index in [0.29, 0.717) is 5.56 Å². The van der Waals surface area contributed by atoms with Crippen LogP contribution in [0.5, 0.6) is 0 Å². The fourth-order valence-electron chi connectivity index (χ4n) is 3.09. The predicted molar refractivity (Wildman–Crippen MR) is 80.9 cm³/mol. The van der Waals surface area contributed by atoms with Crippen LogP contribution in [-0.4, -0.2) is 20.5 Å². The van der Waals surface area contributed by atoms with E-state index in [2.05, 4.69) is 4.72 Å². The van der Waals surface area contributed by atoms with E-state index in [9.17, 15) is 12.8 Å². The Morgan fingerprint density at radius 3 is 2.67 bits per heavy atom. The van der Waals surface area contributed by atoms with Gasteiger partial charge >= 0.3 is 0 Å². The van der Waals surface area contributed by atoms with Crippen LogP contribution >= 0.6 is 0 Å². The maximum absolute atomic E-state index is 13.5. The number of benzene rings is 1. The smallest absolute Gasteiger partial charge is 0.241 e. The molecule has 0 bridgehead atoms. The molecule has 6 heteroatoms. The summed E-state index contributed by atoms with van der Waals surface area (Å²) in [5, 5.41) is 0. The summed E-state index contributed by atoms with van der Waals surface area (Å²) in [5.41, 5.74) is 5.82. The average molecular weight is 314 g/mol. The molecule has 2 atom stereocenters. The van der Waals surface area contributed by atoms with Crippen LogP contribution < -0.4 is 10.5 Å². The number of nitrogens with one attached hydrogen (secondary N) is 1. The highest BCUT2D eigenvalue weighted by atomic mass is 32.2. The van der Waals surface area contributed by atoms with E-state index in [0.717, 1.165) is 31.7 Å². The molecule has 1 aromatic carbocycles. The van der Waals surface area contributed by atoms with Crippen molar-refractivity contribution in [1.29, 1.82) is 0 Å². The van der Waals surface area contributed by atoms with Gasteiger partial charge in [-0.3, -0.25) is 0 Å². The molecule has 0 aromatic heterocycles. The fraction of sp³-hybridized carbons (Fsp3) is 0.600. The van der Waals surface area contributed by atoms with Crippen molar-refractivity contribution in [2.24, 2.45) is 11.7 Å². The zero-order chi connectivity index (χ0) is 15.7. The molecule has 1 aliphatic rings. The molecule has 0 saturated heterocycles. The van der Waals surface area contributed by atoms with Crippen LogP contribution in [-0.2, 0) is 10.0 Å². The number of halogens is 1. The lowest BCUT2D eigenvalue weighted by Gasteiger charge is -2.42. The highest BCUT2D eigenvalue weighted by Crippen LogP contribution is 2.34. The SMILES string of the molecule is Cc1cc(F)cc(S(=O)(=O)NC2(CN)CCCCC2C)c1. The molecule has 118 valence electrons. The average Bonchev–Trinajstić information content (AvgIpc) is 2.40. The molecule has 0 heterocycles. The van der Waals surface area contributed by atoms with Crippen molar-refractivity contribution >= 4 is 10.0 Å². The first-order valence-electron chi connectivity index (χ1n) is 7.30. The van der Waals surface area contributed by atoms with Crippen molar-refractivity contribution in [2.75, 3.05) is 6.54 Å². The molecule has 1 aliphatic carbocycles. The zero-order valence-corrected chi connectivity index (χ0v) is 13.3. The second-order valence-electron chi connectivity index (χ2n) is 6.08. The monoisotopic (exact) mass is 314 g/mol. The lowest BCUT2D eigenvalue weighted by atomic mass is 9.74. The predicted octanol–water partition coefficient (Wildman–Crippen LogP) is 2.32. The Hall–Kier alpha value is -0.980. The highest BCUT2D eigenvalue weighted by Gasteiger charge is 2.40. The van der Waals surface area contributed by atoms with Crippen LogP contribution in [0.25, 0.3) is 0 Å². The van der Waals surface area contributed by atoms with E-state index in [1.165, 1.54) is 12.1 Å². The number of nitrogens with two attached hydrogens (primary N) is 1. The van der Waals surface area contributed by atoms with Crippen molar-refractivity contribution in [3.05, 3.63) is 29.6 Å². The molecule has 0 amide bonds. The second-order valence-corrected chi connectivity index (χ2v) is 7.76. The van der Waals surface area contributed by atoms with Gasteiger partial charge in [-0.15, -0.1) is 0 Å². The van der Waals surface area contributed by atoms with Gasteiger partial charge in [0.25, 0.3) is 0 Å². The van der Waals surface area contributed by atoms with Gasteiger partial charge in [0.2, 0.25) is 10.0 Å². The Labute approximate surface area is 126 Å². The summed E-state index contributed by atoms with van der Waals surface area (Å²) in [5.74, 6) is -0.380. The van der Waals surface area contributed by atoms with Crippen LogP contribution in [0.1, 0.15) is 38.2 Å². The molecule has 2 unspecified atom stereocenters. The highest BCUT2D eigenvalue weighted by molar-refractivity contribution is 7.89. The summed E-state index contributed by atoms with van der Waals surface area (Å²) >= 11 is 0. The maximum Gasteiger partial charge on any atom is 0.241 e. The third-order valence-electron chi connectivity index (χ3n) is 4.48. The molecule has 0 radical (unpaired) electrons. The molecular formula is C15H23FN2O2S. The number of rotatable bonds is 4. The Kier molecular flexibility index (Phi) is 4.70. The number of hydrogen-bond acceptors (Lipinski definition) is 3. The molecule has 4 nitrogen and oxygen atoms in total. The molecule has 2 rings (SSSR count). The Bertz CT molecular complexity index is 598. The minimum atomic E-state index is -3.78. The normalized spacial score (nSPS) is 26.8. The lowest BCUT2D eigenvalue weighted by Crippen LogP contribution is -2.58. The van der Waals surface area contributed by atoms with Crippen LogP contribution in [0.2, 0.25) is 0 Å². The zero-order valence-electron chi connectivity index (χ0n) is 12.5. The van der Waals surface area contributed by atoms with E-state index in [1.807, 2.05) is 6.92 Å². The lowest BCUT2D eigenvalue weighted by molar-refractivity contribution is 0.191. The van der Waals surface area contributed by atoms with Crippen molar-refractivity contribution in [2.45, 2.75) is 50.0 Å². The molecule has 21 heavy (non-hydrogen) atoms. The third kappa shape index (κ3) is 3.44. The van der Waals surface area contributed by atoms with Crippen LogP contribution in [0.15, 0.2) is 23.1 Å². The summed E-state index contributed by atoms with van der Waals surface area (Å²) in [6.45, 7) is 3.94. The quantitative estimate of drug-likeness (QED) is 0.896. The van der Waals surface area contributed by atoms with Crippen molar-refractivity contribution < 1.29 is 12.8 Å². The van der Waals surface area contributed by atoms with Gasteiger partial charge in [-0.05, 0) is 49.4 Å². The van der Waals surface area contributed by atoms with Gasteiger partial charge in [0.05, 0.1) is 4.90 Å². The summed E-state index contributed by atoms with van der Waals surface area (Å²) in [6, 6.07) is 3.83. The van der Waals surface area contributed by atoms with Crippen molar-refractivity contribution in [1.82, 2.24) is 4.72 Å². The number of aryl methyl sites for hydroxylation is 1. The first-order valence-corrected chi connectivity index (χ1v) is 8.79. The largest absolute Gasteiger partial charge is 0.329 e. The van der Waals surface area contributed by atoms with Gasteiger partial charge in [0.15, 0.2) is 0 Å². The first-order chi connectivity index (χ1) is 9.79. The summed E-state index contributed by atoms with van der Waals surface area (Å²) in [7, 11) is -3.78. The van der Waals surface area contributed by atoms with Gasteiger partial charge in [0, 0.05) is 12.1 Å². The maximum atomic E-state index is 13.5. The Balaban J connectivity index is 2.35. The topological polar surface area (TPSA) is 72.2 Å². The van der Waals surface area contributed by atoms with Crippen LogP contribution in [0.4, 0.5) is 4.39 Å². The molecule has 3 N–H and O–H groups in total. The fourth-order valence-corrected chi connectivity index (χ4v) is 4.74. The van der Waals surface area contributed by atoms with Crippen LogP contribution in [0, 0.1) is 18.7 Å². The van der Waals surface area contributed by atoms with E-state index in [4.69, 9.17) is 5.73 Å². The Morgan fingerprint density at radius 2 is 2.10 bits per heavy atom. The molecule has 1 aromatic rings. The van der Waals surface area contributed by atoms with Crippen LogP contribution in [0.3, 0.4) is 0 Å². The molecule has 1 fully saturated rings. The molecule has 0 spiro atoms. The van der Waals surface area contributed by atoms with Gasteiger partial charge in [0.1, 0.15) is 5.82 Å². The van der Waals surface area contributed by atoms with Crippen molar-refractivity contribution in [3.63, 3.8) is 0 Å². The standard InChI is InChI=1S/C15H23FN2O2S/c1-11-7-13(16)9-14(8-11)21(19,20)18-15(10-17)6-4-3-5-12(15)2/h7-9,12,18H,3-6,10,17H2,1-2H3. The summed E-state index contributed by atoms with van der Waals surface area (Å²) in [4.78, 5) is -0.0365. The van der Waals surface area contributed by atoms with Crippen molar-refractivity contribution in [3.8, 4) is 0 Å². The van der Waals surface area contributed by atoms with E-state index in [1.54, 1.807) is 6.92 Å². The van der Waals surface area contributed by atoms with Gasteiger partial charge < -0.3 is 5.73 Å². The van der Waals surface area contributed by atoms with E-state index >= 15 is 0 Å².